The Hall–Kier alpha value is -1.75. The van der Waals surface area contributed by atoms with Crippen molar-refractivity contribution >= 4 is 17.0 Å². The molecule has 1 aliphatic rings. The maximum Gasteiger partial charge on any atom is 0.246 e. The van der Waals surface area contributed by atoms with Gasteiger partial charge >= 0.3 is 0 Å². The average molecular weight is 244 g/mol. The smallest absolute Gasteiger partial charge is 0.246 e. The zero-order valence-corrected chi connectivity index (χ0v) is 10.5. The normalized spacial score (nSPS) is 18.1. The van der Waals surface area contributed by atoms with Gasteiger partial charge in [-0.3, -0.25) is 0 Å². The highest BCUT2D eigenvalue weighted by Crippen LogP contribution is 2.31. The van der Waals surface area contributed by atoms with Crippen LogP contribution >= 0.6 is 0 Å². The average Bonchev–Trinajstić information content (AvgIpc) is 2.34. The predicted octanol–water partition coefficient (Wildman–Crippen LogP) is 1.23. The van der Waals surface area contributed by atoms with Gasteiger partial charge < -0.3 is 10.0 Å². The van der Waals surface area contributed by atoms with Crippen molar-refractivity contribution in [2.24, 2.45) is 5.92 Å². The van der Waals surface area contributed by atoms with Crippen molar-refractivity contribution in [1.29, 1.82) is 0 Å². The monoisotopic (exact) mass is 244 g/mol. The lowest BCUT2D eigenvalue weighted by Gasteiger charge is -2.48. The number of aromatic nitrogens is 3. The lowest BCUT2D eigenvalue weighted by molar-refractivity contribution is -0.0309. The molecule has 18 heavy (non-hydrogen) atoms. The van der Waals surface area contributed by atoms with Gasteiger partial charge in [-0.05, 0) is 18.1 Å². The highest BCUT2D eigenvalue weighted by atomic mass is 16.3. The second kappa shape index (κ2) is 3.88. The third-order valence-electron chi connectivity index (χ3n) is 3.64. The molecule has 0 radical (unpaired) electrons. The van der Waals surface area contributed by atoms with Gasteiger partial charge in [-0.25, -0.2) is 4.98 Å². The number of benzene rings is 1. The highest BCUT2D eigenvalue weighted by Gasteiger charge is 2.44. The number of fused-ring (bicyclic) bond motifs is 1. The van der Waals surface area contributed by atoms with E-state index in [9.17, 15) is 5.11 Å². The molecule has 0 amide bonds. The van der Waals surface area contributed by atoms with E-state index in [4.69, 9.17) is 0 Å². The van der Waals surface area contributed by atoms with Crippen molar-refractivity contribution in [3.8, 4) is 0 Å². The van der Waals surface area contributed by atoms with Crippen LogP contribution in [0.15, 0.2) is 24.3 Å². The van der Waals surface area contributed by atoms with Gasteiger partial charge in [0.05, 0.1) is 18.6 Å². The molecule has 5 heteroatoms. The van der Waals surface area contributed by atoms with Crippen molar-refractivity contribution in [2.45, 2.75) is 19.4 Å². The Morgan fingerprint density at radius 2 is 1.83 bits per heavy atom. The minimum absolute atomic E-state index is 0.238. The topological polar surface area (TPSA) is 62.1 Å². The molecule has 1 aliphatic heterocycles. The Morgan fingerprint density at radius 1 is 1.17 bits per heavy atom. The van der Waals surface area contributed by atoms with Crippen molar-refractivity contribution < 1.29 is 5.11 Å². The highest BCUT2D eigenvalue weighted by molar-refractivity contribution is 5.74. The summed E-state index contributed by atoms with van der Waals surface area (Å²) in [6.45, 7) is 5.20. The van der Waals surface area contributed by atoms with E-state index in [1.165, 1.54) is 0 Å². The first-order chi connectivity index (χ1) is 8.58. The van der Waals surface area contributed by atoms with E-state index in [-0.39, 0.29) is 5.92 Å². The van der Waals surface area contributed by atoms with E-state index < -0.39 is 5.60 Å². The van der Waals surface area contributed by atoms with Crippen LogP contribution < -0.4 is 4.90 Å². The number of para-hydroxylation sites is 1. The minimum Gasteiger partial charge on any atom is -0.386 e. The molecular weight excluding hydrogens is 228 g/mol. The summed E-state index contributed by atoms with van der Waals surface area (Å²) in [5, 5.41) is 18.5. The summed E-state index contributed by atoms with van der Waals surface area (Å²) in [5.41, 5.74) is 1.01. The molecule has 1 aromatic carbocycles. The second-order valence-electron chi connectivity index (χ2n) is 5.21. The van der Waals surface area contributed by atoms with Crippen molar-refractivity contribution in [1.82, 2.24) is 15.2 Å². The number of hydrogen-bond donors (Lipinski definition) is 1. The van der Waals surface area contributed by atoms with Gasteiger partial charge in [0.25, 0.3) is 0 Å². The van der Waals surface area contributed by atoms with Gasteiger partial charge in [0.1, 0.15) is 11.1 Å². The lowest BCUT2D eigenvalue weighted by atomic mass is 9.83. The summed E-state index contributed by atoms with van der Waals surface area (Å²) in [6.07, 6.45) is 0. The van der Waals surface area contributed by atoms with E-state index in [1.807, 2.05) is 43.0 Å². The lowest BCUT2D eigenvalue weighted by Crippen LogP contribution is -2.65. The number of nitrogens with zero attached hydrogens (tertiary/aromatic N) is 4. The largest absolute Gasteiger partial charge is 0.386 e. The molecule has 3 rings (SSSR count). The van der Waals surface area contributed by atoms with Crippen molar-refractivity contribution in [3.05, 3.63) is 24.3 Å². The molecule has 2 heterocycles. The SMILES string of the molecule is CC(C)C1(O)CN(c2nnc3ccccc3n2)C1. The van der Waals surface area contributed by atoms with Crippen LogP contribution in [0.1, 0.15) is 13.8 Å². The fraction of sp³-hybridized carbons (Fsp3) is 0.462. The Labute approximate surface area is 105 Å². The van der Waals surface area contributed by atoms with Crippen LogP contribution in [0.25, 0.3) is 11.0 Å². The first-order valence-corrected chi connectivity index (χ1v) is 6.15. The number of rotatable bonds is 2. The first-order valence-electron chi connectivity index (χ1n) is 6.15. The summed E-state index contributed by atoms with van der Waals surface area (Å²) in [5.74, 6) is 0.834. The number of β-amino-alcohol motifs (C(OH)–C–C–N with tert-alkyl or cyclic N) is 1. The third-order valence-corrected chi connectivity index (χ3v) is 3.64. The maximum atomic E-state index is 10.2. The molecule has 0 aliphatic carbocycles. The second-order valence-corrected chi connectivity index (χ2v) is 5.21. The molecule has 0 spiro atoms. The predicted molar refractivity (Wildman–Crippen MR) is 69.3 cm³/mol. The summed E-state index contributed by atoms with van der Waals surface area (Å²) in [7, 11) is 0. The maximum absolute atomic E-state index is 10.2. The van der Waals surface area contributed by atoms with Crippen LogP contribution in [0, 0.1) is 5.92 Å². The molecule has 1 saturated heterocycles. The Balaban J connectivity index is 1.85. The van der Waals surface area contributed by atoms with Crippen molar-refractivity contribution in [3.63, 3.8) is 0 Å². The molecule has 0 atom stereocenters. The molecule has 1 N–H and O–H groups in total. The van der Waals surface area contributed by atoms with Crippen LogP contribution in [0.5, 0.6) is 0 Å². The fourth-order valence-electron chi connectivity index (χ4n) is 2.13. The van der Waals surface area contributed by atoms with Gasteiger partial charge in [0.2, 0.25) is 5.95 Å². The van der Waals surface area contributed by atoms with Gasteiger partial charge in [-0.15, -0.1) is 10.2 Å². The Kier molecular flexibility index (Phi) is 2.45. The quantitative estimate of drug-likeness (QED) is 0.861. The number of hydrogen-bond acceptors (Lipinski definition) is 5. The zero-order valence-electron chi connectivity index (χ0n) is 10.5. The Bertz CT molecular complexity index is 578. The van der Waals surface area contributed by atoms with Crippen LogP contribution in [0.4, 0.5) is 5.95 Å². The van der Waals surface area contributed by atoms with E-state index >= 15 is 0 Å². The molecule has 0 bridgehead atoms. The van der Waals surface area contributed by atoms with Crippen LogP contribution in [0.3, 0.4) is 0 Å². The van der Waals surface area contributed by atoms with E-state index in [1.54, 1.807) is 0 Å². The zero-order chi connectivity index (χ0) is 12.8. The summed E-state index contributed by atoms with van der Waals surface area (Å²) >= 11 is 0. The van der Waals surface area contributed by atoms with E-state index in [0.717, 1.165) is 11.0 Å². The molecule has 1 fully saturated rings. The minimum atomic E-state index is -0.616. The van der Waals surface area contributed by atoms with Crippen LogP contribution in [-0.4, -0.2) is 39.0 Å². The van der Waals surface area contributed by atoms with Crippen molar-refractivity contribution in [2.75, 3.05) is 18.0 Å². The molecule has 0 saturated carbocycles. The van der Waals surface area contributed by atoms with Gasteiger partial charge in [-0.2, -0.15) is 0 Å². The third kappa shape index (κ3) is 1.71. The molecule has 94 valence electrons. The van der Waals surface area contributed by atoms with Gasteiger partial charge in [-0.1, -0.05) is 26.0 Å². The first kappa shape index (κ1) is 11.3. The summed E-state index contributed by atoms with van der Waals surface area (Å²) < 4.78 is 0. The fourth-order valence-corrected chi connectivity index (χ4v) is 2.13. The van der Waals surface area contributed by atoms with Crippen LogP contribution in [0.2, 0.25) is 0 Å². The van der Waals surface area contributed by atoms with Gasteiger partial charge in [0.15, 0.2) is 0 Å². The molecule has 5 nitrogen and oxygen atoms in total. The van der Waals surface area contributed by atoms with Crippen LogP contribution in [-0.2, 0) is 0 Å². The standard InChI is InChI=1S/C13H16N4O/c1-9(2)13(18)7-17(8-13)12-14-10-5-3-4-6-11(10)15-16-12/h3-6,9,18H,7-8H2,1-2H3. The van der Waals surface area contributed by atoms with E-state index in [2.05, 4.69) is 15.2 Å². The Morgan fingerprint density at radius 3 is 2.50 bits per heavy atom. The summed E-state index contributed by atoms with van der Waals surface area (Å²) in [4.78, 5) is 6.42. The van der Waals surface area contributed by atoms with Gasteiger partial charge in [0, 0.05) is 0 Å². The molecular formula is C13H16N4O. The number of anilines is 1. The summed E-state index contributed by atoms with van der Waals surface area (Å²) in [6, 6.07) is 7.66. The van der Waals surface area contributed by atoms with E-state index in [0.29, 0.717) is 19.0 Å². The molecule has 1 aromatic heterocycles. The molecule has 2 aromatic rings. The number of aliphatic hydroxyl groups is 1. The molecule has 0 unspecified atom stereocenters.